The fourth-order valence-electron chi connectivity index (χ4n) is 1.08. The Kier molecular flexibility index (Phi) is 3.55. The maximum Gasteiger partial charge on any atom is 0.253 e. The van der Waals surface area contributed by atoms with Crippen LogP contribution in [0.1, 0.15) is 11.1 Å². The van der Waals surface area contributed by atoms with Gasteiger partial charge in [0.1, 0.15) is 0 Å². The van der Waals surface area contributed by atoms with Crippen molar-refractivity contribution in [1.29, 1.82) is 5.26 Å². The molecule has 74 valence electrons. The number of halogens is 2. The van der Waals surface area contributed by atoms with Crippen LogP contribution in [0.4, 0.5) is 8.78 Å². The Balaban J connectivity index is 2.65. The summed E-state index contributed by atoms with van der Waals surface area (Å²) in [5.74, 6) is 0. The molecule has 0 heterocycles. The zero-order chi connectivity index (χ0) is 10.6. The van der Waals surface area contributed by atoms with Crippen molar-refractivity contribution in [3.63, 3.8) is 0 Å². The Bertz CT molecular complexity index is 327. The summed E-state index contributed by atoms with van der Waals surface area (Å²) < 4.78 is 24.2. The van der Waals surface area contributed by atoms with Crippen LogP contribution in [-0.2, 0) is 6.42 Å². The monoisotopic (exact) mass is 196 g/mol. The van der Waals surface area contributed by atoms with Crippen LogP contribution >= 0.6 is 0 Å². The molecular formula is C10H10F2N2. The summed E-state index contributed by atoms with van der Waals surface area (Å²) >= 11 is 0. The molecule has 0 aromatic heterocycles. The summed E-state index contributed by atoms with van der Waals surface area (Å²) in [4.78, 5) is 0. The average Bonchev–Trinajstić information content (AvgIpc) is 2.19. The van der Waals surface area contributed by atoms with Crippen LogP contribution in [0.5, 0.6) is 0 Å². The van der Waals surface area contributed by atoms with E-state index >= 15 is 0 Å². The third-order valence-corrected chi connectivity index (χ3v) is 1.88. The first kappa shape index (κ1) is 10.6. The topological polar surface area (TPSA) is 49.8 Å². The van der Waals surface area contributed by atoms with Crippen LogP contribution in [0, 0.1) is 11.3 Å². The molecular weight excluding hydrogens is 186 g/mol. The molecule has 4 heteroatoms. The van der Waals surface area contributed by atoms with Crippen LogP contribution in [0.3, 0.4) is 0 Å². The molecule has 2 N–H and O–H groups in total. The van der Waals surface area contributed by atoms with Gasteiger partial charge in [0.25, 0.3) is 6.43 Å². The van der Waals surface area contributed by atoms with E-state index in [2.05, 4.69) is 0 Å². The Morgan fingerprint density at radius 3 is 2.29 bits per heavy atom. The fraction of sp³-hybridized carbons (Fsp3) is 0.300. The molecule has 0 saturated carbocycles. The van der Waals surface area contributed by atoms with Gasteiger partial charge < -0.3 is 5.73 Å². The molecule has 1 aromatic carbocycles. The lowest BCUT2D eigenvalue weighted by Gasteiger charge is -2.09. The molecule has 0 spiro atoms. The zero-order valence-corrected chi connectivity index (χ0v) is 7.45. The average molecular weight is 196 g/mol. The van der Waals surface area contributed by atoms with Gasteiger partial charge in [-0.25, -0.2) is 8.78 Å². The van der Waals surface area contributed by atoms with E-state index < -0.39 is 12.5 Å². The highest BCUT2D eigenvalue weighted by atomic mass is 19.3. The number of rotatable bonds is 3. The molecule has 0 saturated heterocycles. The number of hydrogen-bond acceptors (Lipinski definition) is 2. The molecule has 1 aromatic rings. The van der Waals surface area contributed by atoms with Crippen molar-refractivity contribution in [1.82, 2.24) is 0 Å². The lowest BCUT2D eigenvalue weighted by Crippen LogP contribution is -2.30. The Morgan fingerprint density at radius 1 is 1.29 bits per heavy atom. The first-order valence-electron chi connectivity index (χ1n) is 4.16. The molecule has 0 aliphatic rings. The SMILES string of the molecule is N#Cc1ccc(CC(N)C(F)F)cc1. The molecule has 0 bridgehead atoms. The maximum atomic E-state index is 12.1. The highest BCUT2D eigenvalue weighted by Gasteiger charge is 2.15. The van der Waals surface area contributed by atoms with Gasteiger partial charge in [0.05, 0.1) is 17.7 Å². The molecule has 0 aliphatic carbocycles. The smallest absolute Gasteiger partial charge is 0.253 e. The Labute approximate surface area is 81.0 Å². The first-order chi connectivity index (χ1) is 6.63. The molecule has 0 radical (unpaired) electrons. The summed E-state index contributed by atoms with van der Waals surface area (Å²) in [7, 11) is 0. The predicted molar refractivity (Wildman–Crippen MR) is 48.8 cm³/mol. The van der Waals surface area contributed by atoms with Crippen molar-refractivity contribution in [2.45, 2.75) is 18.9 Å². The van der Waals surface area contributed by atoms with Crippen molar-refractivity contribution in [3.05, 3.63) is 35.4 Å². The van der Waals surface area contributed by atoms with Gasteiger partial charge in [0.2, 0.25) is 0 Å². The highest BCUT2D eigenvalue weighted by Crippen LogP contribution is 2.09. The van der Waals surface area contributed by atoms with E-state index in [1.807, 2.05) is 6.07 Å². The zero-order valence-electron chi connectivity index (χ0n) is 7.45. The number of nitriles is 1. The number of nitrogens with zero attached hydrogens (tertiary/aromatic N) is 1. The van der Waals surface area contributed by atoms with Crippen molar-refractivity contribution >= 4 is 0 Å². The second-order valence-electron chi connectivity index (χ2n) is 3.01. The number of hydrogen-bond donors (Lipinski definition) is 1. The minimum Gasteiger partial charge on any atom is -0.323 e. The molecule has 0 amide bonds. The Hall–Kier alpha value is -1.47. The number of nitrogens with two attached hydrogens (primary N) is 1. The lowest BCUT2D eigenvalue weighted by atomic mass is 10.1. The van der Waals surface area contributed by atoms with Crippen LogP contribution in [0.15, 0.2) is 24.3 Å². The molecule has 1 atom stereocenters. The molecule has 0 fully saturated rings. The summed E-state index contributed by atoms with van der Waals surface area (Å²) in [6, 6.07) is 7.28. The summed E-state index contributed by atoms with van der Waals surface area (Å²) in [6.45, 7) is 0. The predicted octanol–water partition coefficient (Wildman–Crippen LogP) is 1.69. The van der Waals surface area contributed by atoms with Gasteiger partial charge >= 0.3 is 0 Å². The highest BCUT2D eigenvalue weighted by molar-refractivity contribution is 5.31. The minimum atomic E-state index is -2.51. The van der Waals surface area contributed by atoms with Crippen molar-refractivity contribution < 1.29 is 8.78 Å². The maximum absolute atomic E-state index is 12.1. The van der Waals surface area contributed by atoms with E-state index in [0.717, 1.165) is 5.56 Å². The third kappa shape index (κ3) is 2.79. The van der Waals surface area contributed by atoms with Crippen LogP contribution < -0.4 is 5.73 Å². The van der Waals surface area contributed by atoms with Crippen molar-refractivity contribution in [2.24, 2.45) is 5.73 Å². The van der Waals surface area contributed by atoms with Gasteiger partial charge in [-0.1, -0.05) is 12.1 Å². The second-order valence-corrected chi connectivity index (χ2v) is 3.01. The molecule has 14 heavy (non-hydrogen) atoms. The summed E-state index contributed by atoms with van der Waals surface area (Å²) in [5, 5.41) is 8.50. The molecule has 0 aliphatic heterocycles. The molecule has 1 rings (SSSR count). The molecule has 1 unspecified atom stereocenters. The summed E-state index contributed by atoms with van der Waals surface area (Å²) in [6.07, 6.45) is -2.38. The van der Waals surface area contributed by atoms with Crippen LogP contribution in [0.2, 0.25) is 0 Å². The third-order valence-electron chi connectivity index (χ3n) is 1.88. The van der Waals surface area contributed by atoms with E-state index in [9.17, 15) is 8.78 Å². The lowest BCUT2D eigenvalue weighted by molar-refractivity contribution is 0.116. The van der Waals surface area contributed by atoms with Gasteiger partial charge in [-0.3, -0.25) is 0 Å². The van der Waals surface area contributed by atoms with Crippen molar-refractivity contribution in [3.8, 4) is 6.07 Å². The number of alkyl halides is 2. The second kappa shape index (κ2) is 4.68. The Morgan fingerprint density at radius 2 is 1.86 bits per heavy atom. The molecule has 2 nitrogen and oxygen atoms in total. The van der Waals surface area contributed by atoms with Gasteiger partial charge in [-0.05, 0) is 24.1 Å². The van der Waals surface area contributed by atoms with Gasteiger partial charge in [0, 0.05) is 0 Å². The van der Waals surface area contributed by atoms with Gasteiger partial charge in [-0.2, -0.15) is 5.26 Å². The van der Waals surface area contributed by atoms with Crippen LogP contribution in [-0.4, -0.2) is 12.5 Å². The first-order valence-corrected chi connectivity index (χ1v) is 4.16. The van der Waals surface area contributed by atoms with E-state index in [-0.39, 0.29) is 6.42 Å². The number of benzene rings is 1. The van der Waals surface area contributed by atoms with E-state index in [4.69, 9.17) is 11.0 Å². The quantitative estimate of drug-likeness (QED) is 0.799. The normalized spacial score (nSPS) is 12.5. The fourth-order valence-corrected chi connectivity index (χ4v) is 1.08. The summed E-state index contributed by atoms with van der Waals surface area (Å²) in [5.41, 5.74) is 6.44. The standard InChI is InChI=1S/C10H10F2N2/c11-10(12)9(14)5-7-1-3-8(6-13)4-2-7/h1-4,9-10H,5,14H2. The van der Waals surface area contributed by atoms with E-state index in [1.165, 1.54) is 0 Å². The minimum absolute atomic E-state index is 0.128. The van der Waals surface area contributed by atoms with E-state index in [0.29, 0.717) is 5.56 Å². The van der Waals surface area contributed by atoms with Gasteiger partial charge in [0.15, 0.2) is 0 Å². The van der Waals surface area contributed by atoms with E-state index in [1.54, 1.807) is 24.3 Å². The van der Waals surface area contributed by atoms with Gasteiger partial charge in [-0.15, -0.1) is 0 Å². The van der Waals surface area contributed by atoms with Crippen LogP contribution in [0.25, 0.3) is 0 Å². The van der Waals surface area contributed by atoms with Crippen molar-refractivity contribution in [2.75, 3.05) is 0 Å². The largest absolute Gasteiger partial charge is 0.323 e.